The van der Waals surface area contributed by atoms with Crippen LogP contribution >= 0.6 is 11.3 Å². The number of H-pyrrole nitrogens is 1. The molecular formula is C24H19N3O4S. The Morgan fingerprint density at radius 1 is 1.19 bits per heavy atom. The van der Waals surface area contributed by atoms with E-state index in [9.17, 15) is 9.59 Å². The van der Waals surface area contributed by atoms with E-state index in [0.717, 1.165) is 27.8 Å². The van der Waals surface area contributed by atoms with E-state index in [-0.39, 0.29) is 23.7 Å². The first-order valence-electron chi connectivity index (χ1n) is 10.2. The average molecular weight is 446 g/mol. The number of rotatable bonds is 6. The van der Waals surface area contributed by atoms with Crippen molar-refractivity contribution < 1.29 is 18.8 Å². The molecule has 1 aromatic carbocycles. The van der Waals surface area contributed by atoms with Gasteiger partial charge in [0.15, 0.2) is 6.61 Å². The fourth-order valence-corrected chi connectivity index (χ4v) is 4.52. The van der Waals surface area contributed by atoms with E-state index in [1.165, 1.54) is 11.3 Å². The van der Waals surface area contributed by atoms with Crippen molar-refractivity contribution in [1.29, 1.82) is 0 Å². The summed E-state index contributed by atoms with van der Waals surface area (Å²) < 4.78 is 10.7. The zero-order valence-corrected chi connectivity index (χ0v) is 18.3. The van der Waals surface area contributed by atoms with Crippen LogP contribution in [0, 0.1) is 6.92 Å². The van der Waals surface area contributed by atoms with Crippen LogP contribution in [0.25, 0.3) is 32.6 Å². The van der Waals surface area contributed by atoms with Gasteiger partial charge in [0.1, 0.15) is 0 Å². The van der Waals surface area contributed by atoms with Crippen molar-refractivity contribution in [2.24, 2.45) is 0 Å². The van der Waals surface area contributed by atoms with Crippen LogP contribution in [0.5, 0.6) is 0 Å². The highest BCUT2D eigenvalue weighted by molar-refractivity contribution is 7.13. The predicted octanol–water partition coefficient (Wildman–Crippen LogP) is 5.34. The molecule has 0 aliphatic heterocycles. The number of nitrogens with one attached hydrogen (secondary N) is 1. The van der Waals surface area contributed by atoms with Crippen LogP contribution in [-0.2, 0) is 11.2 Å². The number of hydrogen-bond acceptors (Lipinski definition) is 7. The second-order valence-corrected chi connectivity index (χ2v) is 8.32. The summed E-state index contributed by atoms with van der Waals surface area (Å²) in [6.07, 6.45) is 2.52. The van der Waals surface area contributed by atoms with Gasteiger partial charge in [-0.3, -0.25) is 4.79 Å². The topological polar surface area (TPSA) is 98.1 Å². The van der Waals surface area contributed by atoms with Crippen molar-refractivity contribution in [3.63, 3.8) is 0 Å². The molecule has 5 aromatic rings. The van der Waals surface area contributed by atoms with Gasteiger partial charge in [0.2, 0.25) is 5.78 Å². The summed E-state index contributed by atoms with van der Waals surface area (Å²) in [5.74, 6) is -0.896. The maximum absolute atomic E-state index is 13.0. The average Bonchev–Trinajstić information content (AvgIpc) is 3.56. The van der Waals surface area contributed by atoms with Crippen LogP contribution in [0.3, 0.4) is 0 Å². The number of pyridine rings is 1. The number of benzene rings is 1. The number of fused-ring (bicyclic) bond motifs is 2. The van der Waals surface area contributed by atoms with E-state index in [0.29, 0.717) is 22.3 Å². The van der Waals surface area contributed by atoms with Gasteiger partial charge in [0.05, 0.1) is 27.2 Å². The number of ketones is 1. The van der Waals surface area contributed by atoms with E-state index in [4.69, 9.17) is 9.26 Å². The molecule has 7 nitrogen and oxygen atoms in total. The molecule has 0 atom stereocenters. The number of aromatic amines is 1. The number of ether oxygens (including phenoxy) is 1. The second kappa shape index (κ2) is 8.05. The van der Waals surface area contributed by atoms with Crippen LogP contribution in [0.4, 0.5) is 0 Å². The predicted molar refractivity (Wildman–Crippen MR) is 122 cm³/mol. The van der Waals surface area contributed by atoms with Gasteiger partial charge in [-0.2, -0.15) is 0 Å². The third-order valence-electron chi connectivity index (χ3n) is 5.43. The Morgan fingerprint density at radius 3 is 2.84 bits per heavy atom. The lowest BCUT2D eigenvalue weighted by Crippen LogP contribution is -2.14. The number of nitrogens with zero attached hydrogens (tertiary/aromatic N) is 2. The summed E-state index contributed by atoms with van der Waals surface area (Å²) in [6.45, 7) is 3.42. The molecule has 4 aromatic heterocycles. The van der Waals surface area contributed by atoms with Crippen LogP contribution in [0.1, 0.15) is 38.9 Å². The summed E-state index contributed by atoms with van der Waals surface area (Å²) in [6, 6.07) is 11.3. The molecule has 0 saturated carbocycles. The van der Waals surface area contributed by atoms with Crippen molar-refractivity contribution in [2.45, 2.75) is 20.3 Å². The molecule has 5 rings (SSSR count). The number of thiophene rings is 1. The Kier molecular flexibility index (Phi) is 5.07. The highest BCUT2D eigenvalue weighted by Crippen LogP contribution is 2.30. The Bertz CT molecular complexity index is 1460. The Balaban J connectivity index is 1.43. The summed E-state index contributed by atoms with van der Waals surface area (Å²) in [5, 5.41) is 7.17. The molecule has 8 heteroatoms. The van der Waals surface area contributed by atoms with Crippen LogP contribution in [0.15, 0.2) is 52.5 Å². The Morgan fingerprint density at radius 2 is 2.06 bits per heavy atom. The molecule has 0 aliphatic carbocycles. The minimum absolute atomic E-state index is 0.260. The monoisotopic (exact) mass is 445 g/mol. The molecule has 160 valence electrons. The van der Waals surface area contributed by atoms with E-state index < -0.39 is 5.97 Å². The lowest BCUT2D eigenvalue weighted by Gasteiger charge is -2.07. The van der Waals surface area contributed by atoms with Gasteiger partial charge in [0, 0.05) is 22.7 Å². The molecule has 0 aliphatic rings. The summed E-state index contributed by atoms with van der Waals surface area (Å²) >= 11 is 1.50. The Hall–Kier alpha value is -3.78. The number of hydrogen-bond donors (Lipinski definition) is 1. The minimum Gasteiger partial charge on any atom is -0.454 e. The molecule has 0 saturated heterocycles. The van der Waals surface area contributed by atoms with Gasteiger partial charge >= 0.3 is 5.97 Å². The number of para-hydroxylation sites is 1. The van der Waals surface area contributed by atoms with Crippen LogP contribution in [-0.4, -0.2) is 33.5 Å². The standard InChI is InChI=1S/C24H19N3O4S/c1-3-14-6-4-7-15-17(11-25-22(14)15)19(28)12-30-24(29)16-10-18(20-8-5-9-32-20)26-23-21(16)13(2)27-31-23/h4-11,25H,3,12H2,1-2H3. The number of aryl methyl sites for hydroxylation is 2. The van der Waals surface area contributed by atoms with Crippen molar-refractivity contribution >= 4 is 45.1 Å². The maximum Gasteiger partial charge on any atom is 0.339 e. The molecular weight excluding hydrogens is 426 g/mol. The van der Waals surface area contributed by atoms with Gasteiger partial charge in [-0.15, -0.1) is 11.3 Å². The van der Waals surface area contributed by atoms with Gasteiger partial charge < -0.3 is 14.2 Å². The molecule has 4 heterocycles. The fourth-order valence-electron chi connectivity index (χ4n) is 3.84. The first-order chi connectivity index (χ1) is 15.6. The zero-order valence-electron chi connectivity index (χ0n) is 17.5. The number of carbonyl (C=O) groups is 2. The first-order valence-corrected chi connectivity index (χ1v) is 11.0. The summed E-state index contributed by atoms with van der Waals surface area (Å²) in [5.41, 5.74) is 4.22. The first kappa shape index (κ1) is 20.1. The largest absolute Gasteiger partial charge is 0.454 e. The molecule has 1 N–H and O–H groups in total. The van der Waals surface area contributed by atoms with Gasteiger partial charge in [-0.25, -0.2) is 9.78 Å². The molecule has 0 radical (unpaired) electrons. The number of esters is 1. The van der Waals surface area contributed by atoms with Crippen molar-refractivity contribution in [3.05, 3.63) is 70.4 Å². The van der Waals surface area contributed by atoms with Crippen LogP contribution < -0.4 is 0 Å². The lowest BCUT2D eigenvalue weighted by atomic mass is 10.1. The molecule has 0 fully saturated rings. The van der Waals surface area contributed by atoms with E-state index in [2.05, 4.69) is 22.0 Å². The highest BCUT2D eigenvalue weighted by atomic mass is 32.1. The van der Waals surface area contributed by atoms with E-state index >= 15 is 0 Å². The third kappa shape index (κ3) is 3.38. The number of carbonyl (C=O) groups excluding carboxylic acids is 2. The van der Waals surface area contributed by atoms with Crippen molar-refractivity contribution in [3.8, 4) is 10.6 Å². The number of Topliss-reactive ketones (excluding diaryl/α,β-unsaturated/α-hetero) is 1. The second-order valence-electron chi connectivity index (χ2n) is 7.38. The van der Waals surface area contributed by atoms with Gasteiger partial charge in [0.25, 0.3) is 5.71 Å². The van der Waals surface area contributed by atoms with Gasteiger partial charge in [-0.1, -0.05) is 36.3 Å². The zero-order chi connectivity index (χ0) is 22.2. The van der Waals surface area contributed by atoms with Crippen molar-refractivity contribution in [2.75, 3.05) is 6.61 Å². The van der Waals surface area contributed by atoms with Crippen molar-refractivity contribution in [1.82, 2.24) is 15.1 Å². The lowest BCUT2D eigenvalue weighted by molar-refractivity contribution is 0.0477. The third-order valence-corrected chi connectivity index (χ3v) is 6.32. The Labute approximate surface area is 187 Å². The maximum atomic E-state index is 13.0. The molecule has 32 heavy (non-hydrogen) atoms. The quantitative estimate of drug-likeness (QED) is 0.280. The molecule has 0 unspecified atom stereocenters. The molecule has 0 spiro atoms. The summed E-state index contributed by atoms with van der Waals surface area (Å²) in [7, 11) is 0. The van der Waals surface area contributed by atoms with E-state index in [1.807, 2.05) is 35.7 Å². The normalized spacial score (nSPS) is 11.3. The minimum atomic E-state index is -0.621. The van der Waals surface area contributed by atoms with E-state index in [1.54, 1.807) is 19.2 Å². The molecule has 0 bridgehead atoms. The van der Waals surface area contributed by atoms with Crippen LogP contribution in [0.2, 0.25) is 0 Å². The molecule has 0 amide bonds. The van der Waals surface area contributed by atoms with Gasteiger partial charge in [-0.05, 0) is 36.4 Å². The number of aromatic nitrogens is 3. The SMILES string of the molecule is CCc1cccc2c(C(=O)COC(=O)c3cc(-c4cccs4)nc4onc(C)c34)c[nH]c12. The fraction of sp³-hybridized carbons (Fsp3) is 0.167. The highest BCUT2D eigenvalue weighted by Gasteiger charge is 2.22. The summed E-state index contributed by atoms with van der Waals surface area (Å²) in [4.78, 5) is 34.4. The smallest absolute Gasteiger partial charge is 0.339 e.